The highest BCUT2D eigenvalue weighted by Crippen LogP contribution is 2.22. The molecular weight excluding hydrogens is 183 g/mol. The second-order valence-corrected chi connectivity index (χ2v) is 2.80. The van der Waals surface area contributed by atoms with Gasteiger partial charge in [0.1, 0.15) is 0 Å². The van der Waals surface area contributed by atoms with Gasteiger partial charge in [0.15, 0.2) is 11.6 Å². The van der Waals surface area contributed by atoms with Crippen LogP contribution in [0, 0.1) is 5.82 Å². The zero-order valence-electron chi connectivity index (χ0n) is 8.25. The van der Waals surface area contributed by atoms with Crippen molar-refractivity contribution in [3.05, 3.63) is 24.0 Å². The molecule has 0 aliphatic rings. The highest BCUT2D eigenvalue weighted by Gasteiger charge is 2.02. The van der Waals surface area contributed by atoms with Gasteiger partial charge in [-0.15, -0.1) is 0 Å². The van der Waals surface area contributed by atoms with E-state index < -0.39 is 5.82 Å². The summed E-state index contributed by atoms with van der Waals surface area (Å²) in [4.78, 5) is 3.92. The van der Waals surface area contributed by atoms with E-state index in [0.29, 0.717) is 18.1 Å². The molecule has 0 saturated heterocycles. The van der Waals surface area contributed by atoms with Crippen LogP contribution < -0.4 is 10.5 Å². The summed E-state index contributed by atoms with van der Waals surface area (Å²) in [6.07, 6.45) is 0. The van der Waals surface area contributed by atoms with E-state index in [1.165, 1.54) is 6.07 Å². The first-order valence-corrected chi connectivity index (χ1v) is 4.36. The van der Waals surface area contributed by atoms with Gasteiger partial charge in [-0.2, -0.15) is 0 Å². The molecule has 0 spiro atoms. The van der Waals surface area contributed by atoms with Gasteiger partial charge >= 0.3 is 0 Å². The quantitative estimate of drug-likeness (QED) is 0.595. The molecule has 0 heterocycles. The van der Waals surface area contributed by atoms with E-state index in [4.69, 9.17) is 10.5 Å². The summed E-state index contributed by atoms with van der Waals surface area (Å²) in [6, 6.07) is 4.49. The van der Waals surface area contributed by atoms with Crippen molar-refractivity contribution in [1.82, 2.24) is 0 Å². The van der Waals surface area contributed by atoms with Crippen molar-refractivity contribution in [3.8, 4) is 5.75 Å². The summed E-state index contributed by atoms with van der Waals surface area (Å²) in [5.74, 6) is 0.212. The fourth-order valence-electron chi connectivity index (χ4n) is 1.04. The molecule has 0 aliphatic carbocycles. The minimum atomic E-state index is -0.422. The lowest BCUT2D eigenvalue weighted by molar-refractivity contribution is 0.321. The van der Waals surface area contributed by atoms with Crippen LogP contribution in [-0.2, 0) is 0 Å². The minimum Gasteiger partial charge on any atom is -0.491 e. The number of amidine groups is 1. The van der Waals surface area contributed by atoms with Crippen LogP contribution in [0.5, 0.6) is 5.75 Å². The summed E-state index contributed by atoms with van der Waals surface area (Å²) in [6.45, 7) is 3.89. The second-order valence-electron chi connectivity index (χ2n) is 2.80. The fraction of sp³-hybridized carbons (Fsp3) is 0.300. The molecule has 0 unspecified atom stereocenters. The van der Waals surface area contributed by atoms with Gasteiger partial charge in [-0.25, -0.2) is 9.38 Å². The second kappa shape index (κ2) is 4.60. The van der Waals surface area contributed by atoms with Gasteiger partial charge in [0.25, 0.3) is 0 Å². The van der Waals surface area contributed by atoms with Crippen LogP contribution in [0.1, 0.15) is 13.8 Å². The molecule has 0 atom stereocenters. The Labute approximate surface area is 82.4 Å². The SMILES string of the molecule is CCOc1ccc(N=C(C)N)cc1F. The zero-order valence-corrected chi connectivity index (χ0v) is 8.25. The van der Waals surface area contributed by atoms with Crippen molar-refractivity contribution >= 4 is 11.5 Å². The van der Waals surface area contributed by atoms with Gasteiger partial charge in [0.2, 0.25) is 0 Å². The average molecular weight is 196 g/mol. The molecule has 3 nitrogen and oxygen atoms in total. The molecule has 0 aromatic heterocycles. The van der Waals surface area contributed by atoms with E-state index in [1.807, 2.05) is 0 Å². The smallest absolute Gasteiger partial charge is 0.167 e. The Hall–Kier alpha value is -1.58. The highest BCUT2D eigenvalue weighted by atomic mass is 19.1. The number of aliphatic imine (C=N–C) groups is 1. The third kappa shape index (κ3) is 2.73. The van der Waals surface area contributed by atoms with Crippen LogP contribution in [-0.4, -0.2) is 12.4 Å². The van der Waals surface area contributed by atoms with Crippen molar-refractivity contribution < 1.29 is 9.13 Å². The lowest BCUT2D eigenvalue weighted by atomic mass is 10.3. The average Bonchev–Trinajstić information content (AvgIpc) is 2.09. The molecule has 76 valence electrons. The van der Waals surface area contributed by atoms with E-state index in [-0.39, 0.29) is 5.75 Å². The molecule has 0 saturated carbocycles. The van der Waals surface area contributed by atoms with E-state index in [0.717, 1.165) is 0 Å². The Morgan fingerprint density at radius 1 is 1.57 bits per heavy atom. The number of benzene rings is 1. The van der Waals surface area contributed by atoms with Gasteiger partial charge in [0, 0.05) is 6.07 Å². The molecule has 0 fully saturated rings. The molecule has 0 bridgehead atoms. The fourth-order valence-corrected chi connectivity index (χ4v) is 1.04. The maximum absolute atomic E-state index is 13.3. The molecule has 0 radical (unpaired) electrons. The summed E-state index contributed by atoms with van der Waals surface area (Å²) >= 11 is 0. The molecule has 1 aromatic carbocycles. The van der Waals surface area contributed by atoms with Crippen molar-refractivity contribution in [2.75, 3.05) is 6.61 Å². The highest BCUT2D eigenvalue weighted by molar-refractivity contribution is 5.80. The van der Waals surface area contributed by atoms with Crippen molar-refractivity contribution in [1.29, 1.82) is 0 Å². The predicted octanol–water partition coefficient (Wildman–Crippen LogP) is 2.23. The van der Waals surface area contributed by atoms with Crippen LogP contribution >= 0.6 is 0 Å². The molecule has 0 amide bonds. The number of hydrogen-bond acceptors (Lipinski definition) is 2. The Bertz CT molecular complexity index is 346. The Balaban J connectivity index is 2.94. The normalized spacial score (nSPS) is 11.5. The van der Waals surface area contributed by atoms with Gasteiger partial charge in [0.05, 0.1) is 18.1 Å². The number of hydrogen-bond donors (Lipinski definition) is 1. The number of rotatable bonds is 3. The van der Waals surface area contributed by atoms with Gasteiger partial charge in [-0.1, -0.05) is 0 Å². The first-order valence-electron chi connectivity index (χ1n) is 4.36. The largest absolute Gasteiger partial charge is 0.491 e. The van der Waals surface area contributed by atoms with E-state index >= 15 is 0 Å². The monoisotopic (exact) mass is 196 g/mol. The van der Waals surface area contributed by atoms with Crippen molar-refractivity contribution in [2.45, 2.75) is 13.8 Å². The van der Waals surface area contributed by atoms with Gasteiger partial charge in [-0.3, -0.25) is 0 Å². The summed E-state index contributed by atoms with van der Waals surface area (Å²) < 4.78 is 18.3. The van der Waals surface area contributed by atoms with Crippen LogP contribution in [0.15, 0.2) is 23.2 Å². The first kappa shape index (κ1) is 10.5. The minimum absolute atomic E-state index is 0.237. The van der Waals surface area contributed by atoms with Crippen LogP contribution in [0.25, 0.3) is 0 Å². The van der Waals surface area contributed by atoms with Crippen LogP contribution in [0.4, 0.5) is 10.1 Å². The van der Waals surface area contributed by atoms with E-state index in [1.54, 1.807) is 26.0 Å². The standard InChI is InChI=1S/C10H13FN2O/c1-3-14-10-5-4-8(6-9(10)11)13-7(2)12/h4-6H,3H2,1-2H3,(H2,12,13). The summed E-state index contributed by atoms with van der Waals surface area (Å²) in [5.41, 5.74) is 5.86. The lowest BCUT2D eigenvalue weighted by Gasteiger charge is -2.04. The molecule has 14 heavy (non-hydrogen) atoms. The summed E-state index contributed by atoms with van der Waals surface area (Å²) in [5, 5.41) is 0. The Morgan fingerprint density at radius 2 is 2.29 bits per heavy atom. The third-order valence-corrected chi connectivity index (χ3v) is 1.52. The maximum atomic E-state index is 13.3. The number of halogens is 1. The van der Waals surface area contributed by atoms with E-state index in [2.05, 4.69) is 4.99 Å². The Kier molecular flexibility index (Phi) is 3.45. The molecule has 2 N–H and O–H groups in total. The molecule has 0 aliphatic heterocycles. The van der Waals surface area contributed by atoms with Crippen LogP contribution in [0.3, 0.4) is 0 Å². The predicted molar refractivity (Wildman–Crippen MR) is 54.5 cm³/mol. The van der Waals surface area contributed by atoms with Crippen LogP contribution in [0.2, 0.25) is 0 Å². The topological polar surface area (TPSA) is 47.6 Å². The Morgan fingerprint density at radius 3 is 2.79 bits per heavy atom. The molecular formula is C10H13FN2O. The van der Waals surface area contributed by atoms with E-state index in [9.17, 15) is 4.39 Å². The van der Waals surface area contributed by atoms with Crippen molar-refractivity contribution in [3.63, 3.8) is 0 Å². The lowest BCUT2D eigenvalue weighted by Crippen LogP contribution is -2.03. The first-order chi connectivity index (χ1) is 6.63. The zero-order chi connectivity index (χ0) is 10.6. The number of nitrogens with two attached hydrogens (primary N) is 1. The third-order valence-electron chi connectivity index (χ3n) is 1.52. The van der Waals surface area contributed by atoms with Gasteiger partial charge in [-0.05, 0) is 26.0 Å². The number of nitrogens with zero attached hydrogens (tertiary/aromatic N) is 1. The molecule has 1 aromatic rings. The molecule has 4 heteroatoms. The number of ether oxygens (including phenoxy) is 1. The molecule has 1 rings (SSSR count). The van der Waals surface area contributed by atoms with Crippen molar-refractivity contribution in [2.24, 2.45) is 10.7 Å². The van der Waals surface area contributed by atoms with Gasteiger partial charge < -0.3 is 10.5 Å². The maximum Gasteiger partial charge on any atom is 0.167 e. The summed E-state index contributed by atoms with van der Waals surface area (Å²) in [7, 11) is 0.